The lowest BCUT2D eigenvalue weighted by Crippen LogP contribution is -2.47. The van der Waals surface area contributed by atoms with Crippen LogP contribution in [0.15, 0.2) is 18.2 Å². The number of halogens is 1. The first-order chi connectivity index (χ1) is 13.4. The van der Waals surface area contributed by atoms with Crippen molar-refractivity contribution in [1.82, 2.24) is 30.0 Å². The molecular weight excluding hydrogens is 367 g/mol. The van der Waals surface area contributed by atoms with Crippen LogP contribution in [0, 0.1) is 5.82 Å². The molecule has 3 rings (SSSR count). The Morgan fingerprint density at radius 2 is 2.14 bits per heavy atom. The summed E-state index contributed by atoms with van der Waals surface area (Å²) in [7, 11) is 6.89. The van der Waals surface area contributed by atoms with Crippen LogP contribution >= 0.6 is 0 Å². The average Bonchev–Trinajstić information content (AvgIpc) is 3.33. The number of aromatic nitrogens is 4. The summed E-state index contributed by atoms with van der Waals surface area (Å²) in [5.74, 6) is -0.000173. The van der Waals surface area contributed by atoms with E-state index in [1.807, 2.05) is 19.0 Å². The molecule has 0 N–H and O–H groups in total. The van der Waals surface area contributed by atoms with Crippen molar-refractivity contribution in [1.29, 1.82) is 0 Å². The van der Waals surface area contributed by atoms with E-state index in [-0.39, 0.29) is 17.2 Å². The summed E-state index contributed by atoms with van der Waals surface area (Å²) >= 11 is 0. The highest BCUT2D eigenvalue weighted by atomic mass is 19.1. The van der Waals surface area contributed by atoms with Crippen molar-refractivity contribution in [2.75, 3.05) is 48.0 Å². The maximum Gasteiger partial charge on any atom is 0.254 e. The van der Waals surface area contributed by atoms with E-state index in [0.717, 1.165) is 0 Å². The second-order valence-corrected chi connectivity index (χ2v) is 6.97. The highest BCUT2D eigenvalue weighted by Crippen LogP contribution is 2.36. The molecule has 1 aliphatic rings. The van der Waals surface area contributed by atoms with Gasteiger partial charge in [0.2, 0.25) is 0 Å². The molecule has 0 bridgehead atoms. The predicted octanol–water partition coefficient (Wildman–Crippen LogP) is 0.770. The minimum absolute atomic E-state index is 0.109. The number of tetrazole rings is 1. The minimum atomic E-state index is -0.560. The number of rotatable bonds is 7. The number of nitrogens with zero attached hydrogens (tertiary/aromatic N) is 6. The van der Waals surface area contributed by atoms with E-state index in [1.54, 1.807) is 22.8 Å². The molecule has 9 nitrogen and oxygen atoms in total. The minimum Gasteiger partial charge on any atom is -0.494 e. The first-order valence-electron chi connectivity index (χ1n) is 8.99. The Morgan fingerprint density at radius 3 is 2.79 bits per heavy atom. The summed E-state index contributed by atoms with van der Waals surface area (Å²) in [6.45, 7) is 1.92. The van der Waals surface area contributed by atoms with Gasteiger partial charge >= 0.3 is 0 Å². The molecule has 1 aromatic carbocycles. The van der Waals surface area contributed by atoms with Crippen LogP contribution < -0.4 is 4.74 Å². The van der Waals surface area contributed by atoms with Gasteiger partial charge in [-0.25, -0.2) is 9.07 Å². The molecule has 1 fully saturated rings. The summed E-state index contributed by atoms with van der Waals surface area (Å²) in [4.78, 5) is 16.7. The smallest absolute Gasteiger partial charge is 0.254 e. The van der Waals surface area contributed by atoms with E-state index in [0.29, 0.717) is 38.5 Å². The summed E-state index contributed by atoms with van der Waals surface area (Å²) in [6.07, 6.45) is 0.664. The van der Waals surface area contributed by atoms with Crippen LogP contribution in [0.3, 0.4) is 0 Å². The van der Waals surface area contributed by atoms with Crippen molar-refractivity contribution in [2.45, 2.75) is 18.5 Å². The Kier molecular flexibility index (Phi) is 5.90. The van der Waals surface area contributed by atoms with Crippen LogP contribution in [0.5, 0.6) is 5.75 Å². The predicted molar refractivity (Wildman–Crippen MR) is 98.5 cm³/mol. The topological polar surface area (TPSA) is 85.6 Å². The molecule has 0 aliphatic carbocycles. The first-order valence-corrected chi connectivity index (χ1v) is 8.99. The largest absolute Gasteiger partial charge is 0.494 e. The Morgan fingerprint density at radius 1 is 1.36 bits per heavy atom. The van der Waals surface area contributed by atoms with E-state index in [1.165, 1.54) is 19.2 Å². The number of amides is 1. The van der Waals surface area contributed by atoms with E-state index >= 15 is 0 Å². The van der Waals surface area contributed by atoms with Gasteiger partial charge in [0.25, 0.3) is 5.91 Å². The summed E-state index contributed by atoms with van der Waals surface area (Å²) in [5, 5.41) is 12.1. The molecule has 1 amide bonds. The van der Waals surface area contributed by atoms with Crippen molar-refractivity contribution in [3.05, 3.63) is 35.4 Å². The van der Waals surface area contributed by atoms with Gasteiger partial charge in [-0.3, -0.25) is 9.69 Å². The van der Waals surface area contributed by atoms with Gasteiger partial charge in [-0.15, -0.1) is 5.10 Å². The Bertz CT molecular complexity index is 842. The van der Waals surface area contributed by atoms with Crippen molar-refractivity contribution in [3.63, 3.8) is 0 Å². The molecule has 0 radical (unpaired) electrons. The molecule has 152 valence electrons. The van der Waals surface area contributed by atoms with Crippen LogP contribution in [-0.2, 0) is 16.8 Å². The monoisotopic (exact) mass is 392 g/mol. The van der Waals surface area contributed by atoms with Crippen LogP contribution in [0.4, 0.5) is 4.39 Å². The summed E-state index contributed by atoms with van der Waals surface area (Å²) < 4.78 is 25.8. The molecule has 0 saturated carbocycles. The molecule has 1 atom stereocenters. The van der Waals surface area contributed by atoms with E-state index < -0.39 is 11.4 Å². The van der Waals surface area contributed by atoms with E-state index in [4.69, 9.17) is 9.47 Å². The maximum atomic E-state index is 14.0. The average molecular weight is 392 g/mol. The fourth-order valence-electron chi connectivity index (χ4n) is 3.56. The lowest BCUT2D eigenvalue weighted by atomic mass is 9.96. The molecule has 1 saturated heterocycles. The van der Waals surface area contributed by atoms with Gasteiger partial charge in [-0.05, 0) is 49.1 Å². The number of ether oxygens (including phenoxy) is 2. The quantitative estimate of drug-likeness (QED) is 0.688. The fourth-order valence-corrected chi connectivity index (χ4v) is 3.56. The van der Waals surface area contributed by atoms with Gasteiger partial charge in [0.1, 0.15) is 5.54 Å². The van der Waals surface area contributed by atoms with Crippen LogP contribution in [0.1, 0.15) is 22.6 Å². The highest BCUT2D eigenvalue weighted by Gasteiger charge is 2.47. The third kappa shape index (κ3) is 3.57. The zero-order valence-electron chi connectivity index (χ0n) is 16.6. The second-order valence-electron chi connectivity index (χ2n) is 6.97. The van der Waals surface area contributed by atoms with Crippen LogP contribution in [-0.4, -0.2) is 83.9 Å². The van der Waals surface area contributed by atoms with Gasteiger partial charge in [-0.2, -0.15) is 0 Å². The van der Waals surface area contributed by atoms with Gasteiger partial charge in [0, 0.05) is 25.8 Å². The molecule has 1 aliphatic heterocycles. The third-order valence-corrected chi connectivity index (χ3v) is 5.25. The third-order valence-electron chi connectivity index (χ3n) is 5.25. The molecule has 2 heterocycles. The number of likely N-dealkylation sites (N-methyl/N-ethyl adjacent to an activating group) is 1. The van der Waals surface area contributed by atoms with Gasteiger partial charge in [0.15, 0.2) is 17.4 Å². The van der Waals surface area contributed by atoms with E-state index in [9.17, 15) is 9.18 Å². The Hall–Kier alpha value is -2.59. The molecule has 2 aromatic rings. The number of methoxy groups -OCH3 is 2. The van der Waals surface area contributed by atoms with Crippen molar-refractivity contribution >= 4 is 5.91 Å². The summed E-state index contributed by atoms with van der Waals surface area (Å²) in [5.41, 5.74) is -0.246. The Balaban J connectivity index is 1.85. The van der Waals surface area contributed by atoms with Crippen molar-refractivity contribution in [3.8, 4) is 5.75 Å². The van der Waals surface area contributed by atoms with Gasteiger partial charge in [-0.1, -0.05) is 0 Å². The highest BCUT2D eigenvalue weighted by molar-refractivity contribution is 5.94. The number of carbonyl (C=O) groups excluding carboxylic acids is 1. The fraction of sp³-hybridized carbons (Fsp3) is 0.556. The molecular formula is C18H25FN6O3. The number of carbonyl (C=O) groups is 1. The van der Waals surface area contributed by atoms with Gasteiger partial charge in [0.05, 0.1) is 20.3 Å². The lowest BCUT2D eigenvalue weighted by molar-refractivity contribution is 0.0736. The number of hydrogen-bond donors (Lipinski definition) is 0. The first kappa shape index (κ1) is 20.2. The Labute approximate surface area is 163 Å². The molecule has 10 heteroatoms. The molecule has 1 aromatic heterocycles. The number of hydrogen-bond acceptors (Lipinski definition) is 7. The molecule has 0 spiro atoms. The maximum absolute atomic E-state index is 14.0. The van der Waals surface area contributed by atoms with Crippen molar-refractivity contribution < 1.29 is 18.7 Å². The lowest BCUT2D eigenvalue weighted by Gasteiger charge is -2.34. The van der Waals surface area contributed by atoms with E-state index in [2.05, 4.69) is 15.5 Å². The SMILES string of the molecule is COCCn1nnnc1C1(N(C)C)CCN(C(=O)c2ccc(OC)c(F)c2)C1. The van der Waals surface area contributed by atoms with Gasteiger partial charge < -0.3 is 14.4 Å². The molecule has 28 heavy (non-hydrogen) atoms. The summed E-state index contributed by atoms with van der Waals surface area (Å²) in [6, 6.07) is 4.24. The molecule has 1 unspecified atom stereocenters. The van der Waals surface area contributed by atoms with Crippen molar-refractivity contribution in [2.24, 2.45) is 0 Å². The standard InChI is InChI=1S/C18H25FN6O3/c1-23(2)18(17-20-21-22-25(17)9-10-27-3)7-8-24(12-18)16(26)13-5-6-15(28-4)14(19)11-13/h5-6,11H,7-10,12H2,1-4H3. The second kappa shape index (κ2) is 8.19. The van der Waals surface area contributed by atoms with Crippen LogP contribution in [0.2, 0.25) is 0 Å². The number of benzene rings is 1. The number of likely N-dealkylation sites (tertiary alicyclic amines) is 1. The zero-order valence-corrected chi connectivity index (χ0v) is 16.6. The normalized spacial score (nSPS) is 19.4. The van der Waals surface area contributed by atoms with Crippen LogP contribution in [0.25, 0.3) is 0 Å². The zero-order chi connectivity index (χ0) is 20.3.